The van der Waals surface area contributed by atoms with Crippen LogP contribution in [-0.2, 0) is 19.6 Å². The first-order valence-corrected chi connectivity index (χ1v) is 7.77. The van der Waals surface area contributed by atoms with Gasteiger partial charge < -0.3 is 9.84 Å². The van der Waals surface area contributed by atoms with Crippen molar-refractivity contribution in [2.75, 3.05) is 6.61 Å². The SMILES string of the molecule is CCOC(=O)C(C)NS(=O)(=O)c1cc(C(=O)O)ccc1Cl. The van der Waals surface area contributed by atoms with Gasteiger partial charge in [-0.15, -0.1) is 0 Å². The number of sulfonamides is 1. The fraction of sp³-hybridized carbons (Fsp3) is 0.333. The average Bonchev–Trinajstić information content (AvgIpc) is 2.38. The van der Waals surface area contributed by atoms with Gasteiger partial charge in [0.05, 0.1) is 17.2 Å². The van der Waals surface area contributed by atoms with Gasteiger partial charge in [0.15, 0.2) is 0 Å². The summed E-state index contributed by atoms with van der Waals surface area (Å²) in [4.78, 5) is 21.9. The Balaban J connectivity index is 3.11. The Kier molecular flexibility index (Phi) is 5.70. The standard InChI is InChI=1S/C12H14ClNO6S/c1-3-20-12(17)7(2)14-21(18,19)10-6-8(11(15)16)4-5-9(10)13/h4-7,14H,3H2,1-2H3,(H,15,16). The van der Waals surface area contributed by atoms with E-state index in [2.05, 4.69) is 9.46 Å². The topological polar surface area (TPSA) is 110 Å². The van der Waals surface area contributed by atoms with E-state index in [0.29, 0.717) is 0 Å². The molecule has 0 aliphatic rings. The number of carbonyl (C=O) groups excluding carboxylic acids is 1. The van der Waals surface area contributed by atoms with Crippen LogP contribution < -0.4 is 4.72 Å². The lowest BCUT2D eigenvalue weighted by Crippen LogP contribution is -2.39. The number of ether oxygens (including phenoxy) is 1. The van der Waals surface area contributed by atoms with Gasteiger partial charge in [-0.1, -0.05) is 11.6 Å². The molecule has 0 aromatic heterocycles. The van der Waals surface area contributed by atoms with Crippen molar-refractivity contribution in [2.45, 2.75) is 24.8 Å². The lowest BCUT2D eigenvalue weighted by Gasteiger charge is -2.14. The summed E-state index contributed by atoms with van der Waals surface area (Å²) in [6.45, 7) is 3.01. The number of carbonyl (C=O) groups is 2. The quantitative estimate of drug-likeness (QED) is 0.757. The Morgan fingerprint density at radius 2 is 2.05 bits per heavy atom. The number of hydrogen-bond acceptors (Lipinski definition) is 5. The van der Waals surface area contributed by atoms with Crippen molar-refractivity contribution >= 4 is 33.6 Å². The maximum atomic E-state index is 12.2. The van der Waals surface area contributed by atoms with Crippen LogP contribution in [0.4, 0.5) is 0 Å². The second-order valence-corrected chi connectivity index (χ2v) is 6.13. The van der Waals surface area contributed by atoms with Crippen LogP contribution in [0.2, 0.25) is 5.02 Å². The van der Waals surface area contributed by atoms with Crippen LogP contribution in [0.25, 0.3) is 0 Å². The molecule has 0 bridgehead atoms. The summed E-state index contributed by atoms with van der Waals surface area (Å²) in [6, 6.07) is 2.14. The predicted molar refractivity (Wildman–Crippen MR) is 74.8 cm³/mol. The molecule has 116 valence electrons. The van der Waals surface area contributed by atoms with Crippen LogP contribution in [-0.4, -0.2) is 38.1 Å². The van der Waals surface area contributed by atoms with E-state index in [4.69, 9.17) is 16.7 Å². The lowest BCUT2D eigenvalue weighted by atomic mass is 10.2. The molecule has 1 atom stereocenters. The van der Waals surface area contributed by atoms with E-state index in [1.165, 1.54) is 13.0 Å². The molecule has 0 amide bonds. The van der Waals surface area contributed by atoms with Crippen molar-refractivity contribution in [3.63, 3.8) is 0 Å². The molecule has 0 aliphatic carbocycles. The minimum atomic E-state index is -4.16. The monoisotopic (exact) mass is 335 g/mol. The summed E-state index contributed by atoms with van der Waals surface area (Å²) < 4.78 is 31.1. The highest BCUT2D eigenvalue weighted by atomic mass is 35.5. The second-order valence-electron chi connectivity index (χ2n) is 4.05. The van der Waals surface area contributed by atoms with Crippen LogP contribution >= 0.6 is 11.6 Å². The van der Waals surface area contributed by atoms with Gasteiger partial charge in [0.2, 0.25) is 10.0 Å². The minimum absolute atomic E-state index is 0.111. The van der Waals surface area contributed by atoms with Crippen molar-refractivity contribution in [2.24, 2.45) is 0 Å². The summed E-state index contributed by atoms with van der Waals surface area (Å²) in [5.74, 6) is -2.03. The van der Waals surface area contributed by atoms with E-state index in [1.54, 1.807) is 6.92 Å². The normalized spacial score (nSPS) is 12.7. The van der Waals surface area contributed by atoms with Crippen molar-refractivity contribution in [1.82, 2.24) is 4.72 Å². The van der Waals surface area contributed by atoms with Crippen LogP contribution in [0.3, 0.4) is 0 Å². The molecule has 7 nitrogen and oxygen atoms in total. The van der Waals surface area contributed by atoms with Gasteiger partial charge in [0.25, 0.3) is 0 Å². The summed E-state index contributed by atoms with van der Waals surface area (Å²) in [6.07, 6.45) is 0. The highest BCUT2D eigenvalue weighted by Crippen LogP contribution is 2.23. The summed E-state index contributed by atoms with van der Waals surface area (Å²) in [7, 11) is -4.16. The largest absolute Gasteiger partial charge is 0.478 e. The van der Waals surface area contributed by atoms with Gasteiger partial charge in [-0.25, -0.2) is 13.2 Å². The zero-order valence-electron chi connectivity index (χ0n) is 11.3. The molecule has 9 heteroatoms. The third kappa shape index (κ3) is 4.42. The lowest BCUT2D eigenvalue weighted by molar-refractivity contribution is -0.144. The highest BCUT2D eigenvalue weighted by Gasteiger charge is 2.25. The first kappa shape index (κ1) is 17.4. The number of benzene rings is 1. The molecule has 0 fully saturated rings. The van der Waals surface area contributed by atoms with Gasteiger partial charge in [0.1, 0.15) is 10.9 Å². The molecule has 21 heavy (non-hydrogen) atoms. The number of carboxylic acids is 1. The van der Waals surface area contributed by atoms with E-state index in [-0.39, 0.29) is 17.2 Å². The van der Waals surface area contributed by atoms with Crippen molar-refractivity contribution in [3.05, 3.63) is 28.8 Å². The van der Waals surface area contributed by atoms with Gasteiger partial charge in [0, 0.05) is 0 Å². The molecule has 0 spiro atoms. The van der Waals surface area contributed by atoms with Crippen molar-refractivity contribution in [1.29, 1.82) is 0 Å². The van der Waals surface area contributed by atoms with Crippen LogP contribution in [0, 0.1) is 0 Å². The maximum absolute atomic E-state index is 12.2. The molecular formula is C12H14ClNO6S. The molecule has 2 N–H and O–H groups in total. The number of carboxylic acid groups (broad SMARTS) is 1. The summed E-state index contributed by atoms with van der Waals surface area (Å²) in [5.41, 5.74) is -0.233. The Bertz CT molecular complexity index is 658. The Hall–Kier alpha value is -1.64. The average molecular weight is 336 g/mol. The van der Waals surface area contributed by atoms with E-state index in [0.717, 1.165) is 12.1 Å². The Morgan fingerprint density at radius 3 is 2.57 bits per heavy atom. The maximum Gasteiger partial charge on any atom is 0.335 e. The third-order valence-electron chi connectivity index (χ3n) is 2.44. The van der Waals surface area contributed by atoms with Crippen LogP contribution in [0.5, 0.6) is 0 Å². The summed E-state index contributed by atoms with van der Waals surface area (Å²) >= 11 is 5.78. The third-order valence-corrected chi connectivity index (χ3v) is 4.46. The van der Waals surface area contributed by atoms with E-state index in [9.17, 15) is 18.0 Å². The summed E-state index contributed by atoms with van der Waals surface area (Å²) in [5, 5.41) is 8.72. The zero-order chi connectivity index (χ0) is 16.2. The number of rotatable bonds is 6. The van der Waals surface area contributed by atoms with Gasteiger partial charge in [-0.05, 0) is 32.0 Å². The number of nitrogens with one attached hydrogen (secondary N) is 1. The van der Waals surface area contributed by atoms with Gasteiger partial charge >= 0.3 is 11.9 Å². The van der Waals surface area contributed by atoms with Crippen molar-refractivity contribution in [3.8, 4) is 0 Å². The predicted octanol–water partition coefficient (Wildman–Crippen LogP) is 1.27. The number of aromatic carboxylic acids is 1. The van der Waals surface area contributed by atoms with Crippen LogP contribution in [0.15, 0.2) is 23.1 Å². The molecule has 0 radical (unpaired) electrons. The molecule has 0 heterocycles. The molecule has 1 aromatic rings. The minimum Gasteiger partial charge on any atom is -0.478 e. The molecule has 1 unspecified atom stereocenters. The first-order valence-electron chi connectivity index (χ1n) is 5.91. The molecule has 0 saturated heterocycles. The Morgan fingerprint density at radius 1 is 1.43 bits per heavy atom. The number of hydrogen-bond donors (Lipinski definition) is 2. The van der Waals surface area contributed by atoms with E-state index < -0.39 is 32.9 Å². The molecule has 0 aliphatic heterocycles. The molecular weight excluding hydrogens is 322 g/mol. The smallest absolute Gasteiger partial charge is 0.335 e. The van der Waals surface area contributed by atoms with Gasteiger partial charge in [-0.2, -0.15) is 4.72 Å². The van der Waals surface area contributed by atoms with Crippen LogP contribution in [0.1, 0.15) is 24.2 Å². The van der Waals surface area contributed by atoms with Crippen molar-refractivity contribution < 1.29 is 27.9 Å². The van der Waals surface area contributed by atoms with Gasteiger partial charge in [-0.3, -0.25) is 4.79 Å². The molecule has 1 rings (SSSR count). The zero-order valence-corrected chi connectivity index (χ0v) is 12.9. The van der Waals surface area contributed by atoms with E-state index >= 15 is 0 Å². The van der Waals surface area contributed by atoms with E-state index in [1.807, 2.05) is 0 Å². The fourth-order valence-corrected chi connectivity index (χ4v) is 3.17. The number of esters is 1. The second kappa shape index (κ2) is 6.88. The number of halogens is 1. The molecule has 0 saturated carbocycles. The highest BCUT2D eigenvalue weighted by molar-refractivity contribution is 7.89. The fourth-order valence-electron chi connectivity index (χ4n) is 1.45. The first-order chi connectivity index (χ1) is 9.69. The molecule has 1 aromatic carbocycles. The Labute approximate surface area is 126 Å².